The Bertz CT molecular complexity index is 1180. The highest BCUT2D eigenvalue weighted by Gasteiger charge is 2.24. The van der Waals surface area contributed by atoms with Crippen LogP contribution in [-0.2, 0) is 9.53 Å². The van der Waals surface area contributed by atoms with E-state index in [1.54, 1.807) is 6.92 Å². The molecule has 1 fully saturated rings. The number of benzene rings is 2. The van der Waals surface area contributed by atoms with Gasteiger partial charge in [0.1, 0.15) is 11.5 Å². The molecular formula is C25H29FN4O3. The summed E-state index contributed by atoms with van der Waals surface area (Å²) in [6.07, 6.45) is 0. The number of nitrogens with zero attached hydrogens (tertiary/aromatic N) is 2. The SMILES string of the molecule is CCOC(=O)c1[nH]c2ccc(F)cc2c1NC(=O)CN1CCN(c2cccc(C)c2C)CC1. The van der Waals surface area contributed by atoms with Gasteiger partial charge in [0, 0.05) is 42.8 Å². The van der Waals surface area contributed by atoms with Crippen molar-refractivity contribution in [2.75, 3.05) is 49.5 Å². The van der Waals surface area contributed by atoms with Crippen molar-refractivity contribution in [2.24, 2.45) is 0 Å². The summed E-state index contributed by atoms with van der Waals surface area (Å²) >= 11 is 0. The number of H-pyrrole nitrogens is 1. The number of aryl methyl sites for hydroxylation is 1. The lowest BCUT2D eigenvalue weighted by molar-refractivity contribution is -0.117. The van der Waals surface area contributed by atoms with Crippen molar-refractivity contribution in [1.29, 1.82) is 0 Å². The number of fused-ring (bicyclic) bond motifs is 1. The van der Waals surface area contributed by atoms with Crippen LogP contribution in [0.5, 0.6) is 0 Å². The number of halogens is 1. The smallest absolute Gasteiger partial charge is 0.356 e. The Balaban J connectivity index is 1.44. The molecule has 8 heteroatoms. The van der Waals surface area contributed by atoms with Crippen molar-refractivity contribution in [3.8, 4) is 0 Å². The van der Waals surface area contributed by atoms with Gasteiger partial charge in [-0.1, -0.05) is 12.1 Å². The number of nitrogens with one attached hydrogen (secondary N) is 2. The van der Waals surface area contributed by atoms with Crippen LogP contribution >= 0.6 is 0 Å². The minimum Gasteiger partial charge on any atom is -0.461 e. The Labute approximate surface area is 192 Å². The molecule has 0 saturated carbocycles. The van der Waals surface area contributed by atoms with Gasteiger partial charge in [0.2, 0.25) is 5.91 Å². The number of carbonyl (C=O) groups is 2. The van der Waals surface area contributed by atoms with Crippen LogP contribution < -0.4 is 10.2 Å². The van der Waals surface area contributed by atoms with Gasteiger partial charge in [0.05, 0.1) is 18.8 Å². The summed E-state index contributed by atoms with van der Waals surface area (Å²) in [6, 6.07) is 10.5. The van der Waals surface area contributed by atoms with Crippen LogP contribution in [0.2, 0.25) is 0 Å². The molecule has 0 bridgehead atoms. The normalized spacial score (nSPS) is 14.5. The second kappa shape index (κ2) is 9.62. The van der Waals surface area contributed by atoms with E-state index in [0.29, 0.717) is 10.9 Å². The van der Waals surface area contributed by atoms with Gasteiger partial charge in [-0.2, -0.15) is 0 Å². The lowest BCUT2D eigenvalue weighted by Crippen LogP contribution is -2.48. The maximum Gasteiger partial charge on any atom is 0.356 e. The standard InChI is InChI=1S/C25H29FN4O3/c1-4-33-25(32)24-23(19-14-18(26)8-9-20(19)27-24)28-22(31)15-29-10-12-30(13-11-29)21-7-5-6-16(2)17(21)3/h5-9,14,27H,4,10-13,15H2,1-3H3,(H,28,31). The molecule has 1 aliphatic rings. The molecule has 33 heavy (non-hydrogen) atoms. The molecule has 1 amide bonds. The number of carbonyl (C=O) groups excluding carboxylic acids is 2. The predicted octanol–water partition coefficient (Wildman–Crippen LogP) is 3.86. The number of rotatable bonds is 6. The number of piperazine rings is 1. The van der Waals surface area contributed by atoms with Crippen LogP contribution in [0.1, 0.15) is 28.5 Å². The van der Waals surface area contributed by atoms with E-state index in [-0.39, 0.29) is 30.4 Å². The number of aromatic nitrogens is 1. The lowest BCUT2D eigenvalue weighted by atomic mass is 10.1. The van der Waals surface area contributed by atoms with Gasteiger partial charge in [0.25, 0.3) is 0 Å². The molecule has 0 aliphatic carbocycles. The largest absolute Gasteiger partial charge is 0.461 e. The molecule has 1 aromatic heterocycles. The van der Waals surface area contributed by atoms with Crippen LogP contribution in [0, 0.1) is 19.7 Å². The zero-order valence-corrected chi connectivity index (χ0v) is 19.2. The summed E-state index contributed by atoms with van der Waals surface area (Å²) in [5.74, 6) is -1.30. The van der Waals surface area contributed by atoms with Gasteiger partial charge >= 0.3 is 5.97 Å². The number of hydrogen-bond acceptors (Lipinski definition) is 5. The van der Waals surface area contributed by atoms with E-state index in [9.17, 15) is 14.0 Å². The van der Waals surface area contributed by atoms with E-state index in [2.05, 4.69) is 52.1 Å². The van der Waals surface area contributed by atoms with Crippen molar-refractivity contribution in [3.63, 3.8) is 0 Å². The number of amides is 1. The Kier molecular flexibility index (Phi) is 6.65. The van der Waals surface area contributed by atoms with Gasteiger partial charge in [-0.3, -0.25) is 9.69 Å². The van der Waals surface area contributed by atoms with E-state index >= 15 is 0 Å². The number of ether oxygens (including phenoxy) is 1. The Hall–Kier alpha value is -3.39. The van der Waals surface area contributed by atoms with Gasteiger partial charge < -0.3 is 19.9 Å². The van der Waals surface area contributed by atoms with Crippen LogP contribution in [0.15, 0.2) is 36.4 Å². The molecule has 1 aliphatic heterocycles. The predicted molar refractivity (Wildman–Crippen MR) is 127 cm³/mol. The molecule has 7 nitrogen and oxygen atoms in total. The summed E-state index contributed by atoms with van der Waals surface area (Å²) in [5.41, 5.74) is 4.70. The molecule has 174 valence electrons. The van der Waals surface area contributed by atoms with E-state index in [1.807, 2.05) is 0 Å². The molecule has 2 N–H and O–H groups in total. The number of esters is 1. The summed E-state index contributed by atoms with van der Waals surface area (Å²) in [7, 11) is 0. The van der Waals surface area contributed by atoms with E-state index in [1.165, 1.54) is 35.0 Å². The topological polar surface area (TPSA) is 77.7 Å². The highest BCUT2D eigenvalue weighted by molar-refractivity contribution is 6.11. The monoisotopic (exact) mass is 452 g/mol. The second-order valence-electron chi connectivity index (χ2n) is 8.32. The number of hydrogen-bond donors (Lipinski definition) is 2. The van der Waals surface area contributed by atoms with Crippen LogP contribution in [0.25, 0.3) is 10.9 Å². The first kappa shape index (κ1) is 22.8. The molecular weight excluding hydrogens is 423 g/mol. The van der Waals surface area contributed by atoms with Crippen molar-refractivity contribution >= 4 is 34.2 Å². The van der Waals surface area contributed by atoms with Crippen molar-refractivity contribution in [1.82, 2.24) is 9.88 Å². The molecule has 2 aromatic carbocycles. The average Bonchev–Trinajstić information content (AvgIpc) is 3.14. The fraction of sp³-hybridized carbons (Fsp3) is 0.360. The molecule has 0 atom stereocenters. The molecule has 0 spiro atoms. The quantitative estimate of drug-likeness (QED) is 0.556. The van der Waals surface area contributed by atoms with E-state index in [0.717, 1.165) is 26.2 Å². The third-order valence-electron chi connectivity index (χ3n) is 6.16. The molecule has 3 aromatic rings. The van der Waals surface area contributed by atoms with Crippen molar-refractivity contribution in [3.05, 3.63) is 59.0 Å². The lowest BCUT2D eigenvalue weighted by Gasteiger charge is -2.36. The van der Waals surface area contributed by atoms with Crippen LogP contribution in [0.4, 0.5) is 15.8 Å². The van der Waals surface area contributed by atoms with E-state index in [4.69, 9.17) is 4.74 Å². The number of aromatic amines is 1. The second-order valence-corrected chi connectivity index (χ2v) is 8.32. The summed E-state index contributed by atoms with van der Waals surface area (Å²) in [4.78, 5) is 32.6. The maximum atomic E-state index is 13.9. The fourth-order valence-electron chi connectivity index (χ4n) is 4.26. The van der Waals surface area contributed by atoms with Crippen molar-refractivity contribution in [2.45, 2.75) is 20.8 Å². The molecule has 2 heterocycles. The Morgan fingerprint density at radius 2 is 1.88 bits per heavy atom. The van der Waals surface area contributed by atoms with Crippen LogP contribution in [0.3, 0.4) is 0 Å². The number of anilines is 2. The highest BCUT2D eigenvalue weighted by Crippen LogP contribution is 2.29. The first-order valence-corrected chi connectivity index (χ1v) is 11.2. The molecule has 0 radical (unpaired) electrons. The van der Waals surface area contributed by atoms with E-state index < -0.39 is 11.8 Å². The minimum atomic E-state index is -0.591. The average molecular weight is 453 g/mol. The summed E-state index contributed by atoms with van der Waals surface area (Å²) in [6.45, 7) is 9.47. The Morgan fingerprint density at radius 3 is 2.61 bits per heavy atom. The summed E-state index contributed by atoms with van der Waals surface area (Å²) < 4.78 is 19.0. The molecule has 1 saturated heterocycles. The highest BCUT2D eigenvalue weighted by atomic mass is 19.1. The van der Waals surface area contributed by atoms with Crippen LogP contribution in [-0.4, -0.2) is 61.1 Å². The third kappa shape index (κ3) is 4.85. The first-order valence-electron chi connectivity index (χ1n) is 11.2. The van der Waals surface area contributed by atoms with Gasteiger partial charge in [0.15, 0.2) is 0 Å². The summed E-state index contributed by atoms with van der Waals surface area (Å²) in [5, 5.41) is 3.25. The third-order valence-corrected chi connectivity index (χ3v) is 6.16. The van der Waals surface area contributed by atoms with Gasteiger partial charge in [-0.15, -0.1) is 0 Å². The van der Waals surface area contributed by atoms with Crippen molar-refractivity contribution < 1.29 is 18.7 Å². The van der Waals surface area contributed by atoms with Gasteiger partial charge in [-0.05, 0) is 56.2 Å². The zero-order chi connectivity index (χ0) is 23.5. The molecule has 4 rings (SSSR count). The first-order chi connectivity index (χ1) is 15.9. The minimum absolute atomic E-state index is 0.116. The van der Waals surface area contributed by atoms with Gasteiger partial charge in [-0.25, -0.2) is 9.18 Å². The fourth-order valence-corrected chi connectivity index (χ4v) is 4.26. The zero-order valence-electron chi connectivity index (χ0n) is 19.2. The molecule has 0 unspecified atom stereocenters. The Morgan fingerprint density at radius 1 is 1.12 bits per heavy atom. The maximum absolute atomic E-state index is 13.9.